The van der Waals surface area contributed by atoms with Gasteiger partial charge in [0.05, 0.1) is 6.04 Å². The van der Waals surface area contributed by atoms with Crippen LogP contribution < -0.4 is 21.3 Å². The predicted octanol–water partition coefficient (Wildman–Crippen LogP) is 4.83. The molecule has 1 aliphatic rings. The lowest BCUT2D eigenvalue weighted by molar-refractivity contribution is -0.124. The van der Waals surface area contributed by atoms with Crippen molar-refractivity contribution < 1.29 is 19.1 Å². The molecule has 4 N–H and O–H groups in total. The van der Waals surface area contributed by atoms with E-state index in [0.29, 0.717) is 45.3 Å². The zero-order chi connectivity index (χ0) is 30.7. The average Bonchev–Trinajstić information content (AvgIpc) is 3.00. The summed E-state index contributed by atoms with van der Waals surface area (Å²) in [5, 5.41) is 12.2. The Kier molecular flexibility index (Phi) is 11.3. The molecule has 0 bridgehead atoms. The molecule has 0 saturated carbocycles. The van der Waals surface area contributed by atoms with Gasteiger partial charge in [-0.05, 0) is 68.7 Å². The molecule has 0 fully saturated rings. The van der Waals surface area contributed by atoms with Crippen LogP contribution >= 0.6 is 0 Å². The maximum Gasteiger partial charge on any atom is 0.408 e. The van der Waals surface area contributed by atoms with Crippen molar-refractivity contribution in [2.75, 3.05) is 13.1 Å². The Morgan fingerprint density at radius 1 is 0.837 bits per heavy atom. The van der Waals surface area contributed by atoms with Crippen LogP contribution in [0.25, 0.3) is 0 Å². The quantitative estimate of drug-likeness (QED) is 0.228. The zero-order valence-electron chi connectivity index (χ0n) is 25.4. The number of amides is 3. The Balaban J connectivity index is 1.31. The number of alkyl carbamates (subject to hydrolysis) is 1. The number of ether oxygens (including phenoxy) is 1. The third-order valence-electron chi connectivity index (χ3n) is 7.51. The van der Waals surface area contributed by atoms with Crippen LogP contribution in [0.15, 0.2) is 84.9 Å². The van der Waals surface area contributed by atoms with Crippen molar-refractivity contribution in [3.05, 3.63) is 107 Å². The van der Waals surface area contributed by atoms with Crippen molar-refractivity contribution in [3.63, 3.8) is 0 Å². The maximum atomic E-state index is 13.4. The van der Waals surface area contributed by atoms with Crippen molar-refractivity contribution in [1.29, 1.82) is 0 Å². The maximum absolute atomic E-state index is 13.4. The second-order valence-corrected chi connectivity index (χ2v) is 12.0. The van der Waals surface area contributed by atoms with Gasteiger partial charge in [-0.3, -0.25) is 9.59 Å². The summed E-state index contributed by atoms with van der Waals surface area (Å²) in [4.78, 5) is 38.8. The number of rotatable bonds is 12. The Bertz CT molecular complexity index is 1300. The van der Waals surface area contributed by atoms with E-state index in [4.69, 9.17) is 4.74 Å². The molecule has 1 heterocycles. The van der Waals surface area contributed by atoms with E-state index < -0.39 is 17.7 Å². The fourth-order valence-corrected chi connectivity index (χ4v) is 5.29. The second-order valence-electron chi connectivity index (χ2n) is 12.0. The highest BCUT2D eigenvalue weighted by molar-refractivity contribution is 5.85. The lowest BCUT2D eigenvalue weighted by Crippen LogP contribution is -2.49. The molecule has 2 atom stereocenters. The summed E-state index contributed by atoms with van der Waals surface area (Å²) in [5.41, 5.74) is 3.93. The number of carbonyl (C=O) groups is 3. The van der Waals surface area contributed by atoms with Gasteiger partial charge in [0.25, 0.3) is 0 Å². The molecule has 0 spiro atoms. The number of carbonyl (C=O) groups excluding carboxylic acids is 3. The minimum absolute atomic E-state index is 0.0245. The number of benzene rings is 3. The largest absolute Gasteiger partial charge is 0.444 e. The van der Waals surface area contributed by atoms with Gasteiger partial charge >= 0.3 is 6.09 Å². The summed E-state index contributed by atoms with van der Waals surface area (Å²) < 4.78 is 5.44. The molecular formula is C35H44N4O4. The van der Waals surface area contributed by atoms with Gasteiger partial charge in [-0.25, -0.2) is 4.79 Å². The highest BCUT2D eigenvalue weighted by atomic mass is 16.6. The molecule has 1 aliphatic heterocycles. The molecule has 3 aromatic rings. The van der Waals surface area contributed by atoms with E-state index in [2.05, 4.69) is 57.7 Å². The molecule has 4 rings (SSSR count). The lowest BCUT2D eigenvalue weighted by atomic mass is 9.91. The number of nitrogens with one attached hydrogen (secondary N) is 4. The second kappa shape index (κ2) is 15.3. The molecule has 8 nitrogen and oxygen atoms in total. The van der Waals surface area contributed by atoms with Gasteiger partial charge in [0, 0.05) is 25.6 Å². The van der Waals surface area contributed by atoms with Gasteiger partial charge in [0.1, 0.15) is 11.6 Å². The van der Waals surface area contributed by atoms with Gasteiger partial charge < -0.3 is 26.0 Å². The molecule has 43 heavy (non-hydrogen) atoms. The first-order valence-corrected chi connectivity index (χ1v) is 15.1. The highest BCUT2D eigenvalue weighted by Gasteiger charge is 2.26. The summed E-state index contributed by atoms with van der Waals surface area (Å²) in [6.07, 6.45) is 1.75. The number of unbranched alkanes of at least 4 members (excludes halogenated alkanes) is 1. The van der Waals surface area contributed by atoms with Gasteiger partial charge in [-0.1, -0.05) is 84.9 Å². The average molecular weight is 585 g/mol. The normalized spacial score (nSPS) is 15.2. The monoisotopic (exact) mass is 584 g/mol. The first-order valence-electron chi connectivity index (χ1n) is 15.1. The minimum Gasteiger partial charge on any atom is -0.444 e. The molecular weight excluding hydrogens is 540 g/mol. The van der Waals surface area contributed by atoms with Crippen LogP contribution in [0.5, 0.6) is 0 Å². The molecule has 0 aromatic heterocycles. The van der Waals surface area contributed by atoms with Crippen LogP contribution in [0, 0.1) is 0 Å². The summed E-state index contributed by atoms with van der Waals surface area (Å²) >= 11 is 0. The topological polar surface area (TPSA) is 109 Å². The minimum atomic E-state index is -0.769. The Morgan fingerprint density at radius 3 is 2.07 bits per heavy atom. The molecule has 0 saturated heterocycles. The predicted molar refractivity (Wildman–Crippen MR) is 169 cm³/mol. The standard InChI is InChI=1S/C35H44N4O4/c1-35(2,3)43-34(42)39-30(20-12-13-21-36-33(41)31-22-27-18-10-11-19-28(27)23-37-31)32(40)38-24-29(25-14-6-4-7-15-25)26-16-8-5-9-17-26/h4-11,14-19,29-31,37H,12-13,20-24H2,1-3H3,(H,36,41)(H,38,40)(H,39,42)/t30?,31-/m0/s1. The van der Waals surface area contributed by atoms with Crippen molar-refractivity contribution >= 4 is 17.9 Å². The van der Waals surface area contributed by atoms with E-state index in [1.807, 2.05) is 48.5 Å². The molecule has 228 valence electrons. The molecule has 3 amide bonds. The molecule has 1 unspecified atom stereocenters. The fraction of sp³-hybridized carbons (Fsp3) is 0.400. The fourth-order valence-electron chi connectivity index (χ4n) is 5.29. The third-order valence-corrected chi connectivity index (χ3v) is 7.51. The van der Waals surface area contributed by atoms with Crippen molar-refractivity contribution in [2.24, 2.45) is 0 Å². The van der Waals surface area contributed by atoms with Gasteiger partial charge in [0.2, 0.25) is 11.8 Å². The van der Waals surface area contributed by atoms with E-state index in [-0.39, 0.29) is 23.8 Å². The zero-order valence-corrected chi connectivity index (χ0v) is 25.4. The van der Waals surface area contributed by atoms with Gasteiger partial charge in [-0.2, -0.15) is 0 Å². The van der Waals surface area contributed by atoms with E-state index in [0.717, 1.165) is 11.1 Å². The van der Waals surface area contributed by atoms with Gasteiger partial charge in [0.15, 0.2) is 0 Å². The Labute approximate surface area is 255 Å². The van der Waals surface area contributed by atoms with E-state index >= 15 is 0 Å². The molecule has 3 aromatic carbocycles. The van der Waals surface area contributed by atoms with Crippen LogP contribution in [0.2, 0.25) is 0 Å². The lowest BCUT2D eigenvalue weighted by Gasteiger charge is -2.25. The first kappa shape index (κ1) is 31.8. The van der Waals surface area contributed by atoms with Crippen LogP contribution in [0.1, 0.15) is 68.2 Å². The van der Waals surface area contributed by atoms with Crippen LogP contribution in [0.3, 0.4) is 0 Å². The van der Waals surface area contributed by atoms with E-state index in [1.165, 1.54) is 11.1 Å². The van der Waals surface area contributed by atoms with Crippen LogP contribution in [-0.2, 0) is 27.3 Å². The van der Waals surface area contributed by atoms with Crippen molar-refractivity contribution in [1.82, 2.24) is 21.3 Å². The van der Waals surface area contributed by atoms with E-state index in [9.17, 15) is 14.4 Å². The van der Waals surface area contributed by atoms with E-state index in [1.54, 1.807) is 20.8 Å². The molecule has 0 radical (unpaired) electrons. The highest BCUT2D eigenvalue weighted by Crippen LogP contribution is 2.24. The summed E-state index contributed by atoms with van der Waals surface area (Å²) in [6, 6.07) is 27.2. The summed E-state index contributed by atoms with van der Waals surface area (Å²) in [7, 11) is 0. The van der Waals surface area contributed by atoms with Gasteiger partial charge in [-0.15, -0.1) is 0 Å². The number of hydrogen-bond donors (Lipinski definition) is 4. The number of fused-ring (bicyclic) bond motifs is 1. The van der Waals surface area contributed by atoms with Crippen LogP contribution in [-0.4, -0.2) is 48.7 Å². The smallest absolute Gasteiger partial charge is 0.408 e. The Morgan fingerprint density at radius 2 is 1.44 bits per heavy atom. The van der Waals surface area contributed by atoms with Crippen molar-refractivity contribution in [3.8, 4) is 0 Å². The summed E-state index contributed by atoms with van der Waals surface area (Å²) in [6.45, 7) is 6.91. The van der Waals surface area contributed by atoms with Crippen LogP contribution in [0.4, 0.5) is 4.79 Å². The Hall–Kier alpha value is -4.17. The third kappa shape index (κ3) is 9.96. The summed E-state index contributed by atoms with van der Waals surface area (Å²) in [5.74, 6) is -0.329. The van der Waals surface area contributed by atoms with Crippen molar-refractivity contribution in [2.45, 2.75) is 76.6 Å². The molecule has 8 heteroatoms. The SMILES string of the molecule is CC(C)(C)OC(=O)NC(CCCCNC(=O)[C@@H]1Cc2ccccc2CN1)C(=O)NCC(c1ccccc1)c1ccccc1. The first-order chi connectivity index (χ1) is 20.7. The molecule has 0 aliphatic carbocycles. The number of hydrogen-bond acceptors (Lipinski definition) is 5.